The highest BCUT2D eigenvalue weighted by Crippen LogP contribution is 2.12. The third kappa shape index (κ3) is 4.48. The second-order valence-electron chi connectivity index (χ2n) is 3.25. The van der Waals surface area contributed by atoms with Crippen molar-refractivity contribution in [3.05, 3.63) is 35.4 Å². The summed E-state index contributed by atoms with van der Waals surface area (Å²) in [6.07, 6.45) is 5.91. The first-order valence-corrected chi connectivity index (χ1v) is 6.03. The monoisotopic (exact) mass is 253 g/mol. The number of hydrogen-bond donors (Lipinski definition) is 0. The number of thioether (sulfide) groups is 1. The minimum Gasteiger partial charge on any atom is -0.298 e. The van der Waals surface area contributed by atoms with Crippen molar-refractivity contribution in [1.82, 2.24) is 4.98 Å². The molecule has 5 heteroatoms. The molecule has 0 bridgehead atoms. The van der Waals surface area contributed by atoms with Gasteiger partial charge in [0.2, 0.25) is 5.95 Å². The van der Waals surface area contributed by atoms with Crippen LogP contribution in [0.4, 0.5) is 4.39 Å². The Morgan fingerprint density at radius 1 is 1.59 bits per heavy atom. The molecule has 0 fully saturated rings. The van der Waals surface area contributed by atoms with E-state index in [1.807, 2.05) is 0 Å². The molecule has 0 aliphatic heterocycles. The molecule has 0 unspecified atom stereocenters. The first-order chi connectivity index (χ1) is 8.15. The molecule has 1 aromatic rings. The van der Waals surface area contributed by atoms with Crippen molar-refractivity contribution in [3.63, 3.8) is 0 Å². The van der Waals surface area contributed by atoms with Crippen LogP contribution in [-0.2, 0) is 4.79 Å². The molecule has 1 rings (SSSR count). The molecule has 0 aliphatic rings. The molecule has 0 spiro atoms. The summed E-state index contributed by atoms with van der Waals surface area (Å²) in [4.78, 5) is 24.7. The summed E-state index contributed by atoms with van der Waals surface area (Å²) in [6.45, 7) is 1.51. The fourth-order valence-corrected chi connectivity index (χ4v) is 1.75. The number of aromatic nitrogens is 1. The van der Waals surface area contributed by atoms with Gasteiger partial charge >= 0.3 is 0 Å². The van der Waals surface area contributed by atoms with E-state index in [0.717, 1.165) is 0 Å². The topological polar surface area (TPSA) is 47.0 Å². The van der Waals surface area contributed by atoms with Crippen LogP contribution in [0.1, 0.15) is 29.3 Å². The zero-order chi connectivity index (χ0) is 12.7. The van der Waals surface area contributed by atoms with Crippen LogP contribution in [0.25, 0.3) is 6.08 Å². The molecule has 0 saturated carbocycles. The average Bonchev–Trinajstić information content (AvgIpc) is 2.28. The van der Waals surface area contributed by atoms with Gasteiger partial charge in [0, 0.05) is 18.9 Å². The van der Waals surface area contributed by atoms with Crippen molar-refractivity contribution in [1.29, 1.82) is 0 Å². The summed E-state index contributed by atoms with van der Waals surface area (Å²) < 4.78 is 13.1. The Bertz CT molecular complexity index is 446. The summed E-state index contributed by atoms with van der Waals surface area (Å²) in [5, 5.41) is 0.0712. The molecule has 3 nitrogen and oxygen atoms in total. The van der Waals surface area contributed by atoms with Crippen LogP contribution in [-0.4, -0.2) is 22.1 Å². The van der Waals surface area contributed by atoms with Gasteiger partial charge in [-0.3, -0.25) is 9.59 Å². The van der Waals surface area contributed by atoms with E-state index in [1.165, 1.54) is 24.9 Å². The minimum absolute atomic E-state index is 0.0389. The summed E-state index contributed by atoms with van der Waals surface area (Å²) >= 11 is 1.23. The van der Waals surface area contributed by atoms with Crippen LogP contribution in [0.15, 0.2) is 18.3 Å². The molecule has 0 aliphatic carbocycles. The van der Waals surface area contributed by atoms with E-state index in [-0.39, 0.29) is 10.7 Å². The number of nitrogens with zero attached hydrogens (tertiary/aromatic N) is 1. The van der Waals surface area contributed by atoms with Crippen LogP contribution in [0.2, 0.25) is 0 Å². The lowest BCUT2D eigenvalue weighted by molar-refractivity contribution is -0.109. The number of carbonyl (C=O) groups excluding carboxylic acids is 2. The Labute approximate surface area is 103 Å². The Morgan fingerprint density at radius 2 is 2.35 bits per heavy atom. The van der Waals surface area contributed by atoms with Crippen molar-refractivity contribution in [2.45, 2.75) is 13.3 Å². The second-order valence-corrected chi connectivity index (χ2v) is 4.53. The molecule has 0 aromatic carbocycles. The summed E-state index contributed by atoms with van der Waals surface area (Å²) in [6, 6.07) is 1.57. The van der Waals surface area contributed by atoms with Gasteiger partial charge in [0.05, 0.1) is 5.56 Å². The predicted molar refractivity (Wildman–Crippen MR) is 66.4 cm³/mol. The zero-order valence-corrected chi connectivity index (χ0v) is 10.2. The van der Waals surface area contributed by atoms with Crippen LogP contribution >= 0.6 is 11.8 Å². The molecule has 1 heterocycles. The first kappa shape index (κ1) is 13.6. The molecule has 90 valence electrons. The maximum atomic E-state index is 13.1. The molecular formula is C12H12FNO2S. The third-order valence-electron chi connectivity index (χ3n) is 1.98. The number of allylic oxidation sites excluding steroid dienone is 1. The fraction of sp³-hybridized carbons (Fsp3) is 0.250. The van der Waals surface area contributed by atoms with E-state index >= 15 is 0 Å². The van der Waals surface area contributed by atoms with Crippen LogP contribution in [0, 0.1) is 5.95 Å². The lowest BCUT2D eigenvalue weighted by Gasteiger charge is -1.98. The number of rotatable bonds is 5. The summed E-state index contributed by atoms with van der Waals surface area (Å²) in [5.41, 5.74) is 0.461. The van der Waals surface area contributed by atoms with E-state index in [0.29, 0.717) is 24.0 Å². The Balaban J connectivity index is 2.62. The van der Waals surface area contributed by atoms with Crippen LogP contribution < -0.4 is 0 Å². The quantitative estimate of drug-likeness (QED) is 0.460. The van der Waals surface area contributed by atoms with Crippen molar-refractivity contribution in [3.8, 4) is 0 Å². The van der Waals surface area contributed by atoms with Gasteiger partial charge in [-0.15, -0.1) is 0 Å². The van der Waals surface area contributed by atoms with Gasteiger partial charge in [0.25, 0.3) is 0 Å². The summed E-state index contributed by atoms with van der Waals surface area (Å²) in [7, 11) is 0. The van der Waals surface area contributed by atoms with E-state index in [2.05, 4.69) is 4.98 Å². The van der Waals surface area contributed by atoms with Gasteiger partial charge in [0.15, 0.2) is 11.4 Å². The molecule has 0 amide bonds. The Morgan fingerprint density at radius 3 is 3.00 bits per heavy atom. The van der Waals surface area contributed by atoms with E-state index in [4.69, 9.17) is 0 Å². The van der Waals surface area contributed by atoms with Crippen molar-refractivity contribution in [2.75, 3.05) is 5.75 Å². The molecule has 0 N–H and O–H groups in total. The Kier molecular flexibility index (Phi) is 5.56. The lowest BCUT2D eigenvalue weighted by Crippen LogP contribution is -1.95. The highest BCUT2D eigenvalue weighted by molar-refractivity contribution is 8.13. The number of pyridine rings is 1. The maximum absolute atomic E-state index is 13.1. The van der Waals surface area contributed by atoms with Gasteiger partial charge in [-0.25, -0.2) is 4.98 Å². The maximum Gasteiger partial charge on any atom is 0.224 e. The van der Waals surface area contributed by atoms with Gasteiger partial charge in [0.1, 0.15) is 0 Å². The van der Waals surface area contributed by atoms with Crippen LogP contribution in [0.3, 0.4) is 0 Å². The lowest BCUT2D eigenvalue weighted by atomic mass is 10.1. The SMILES string of the molecule is CC(=O)SCCC=Cc1ccnc(F)c1C=O. The van der Waals surface area contributed by atoms with Crippen LogP contribution in [0.5, 0.6) is 0 Å². The molecule has 17 heavy (non-hydrogen) atoms. The predicted octanol–water partition coefficient (Wildman–Crippen LogP) is 2.72. The van der Waals surface area contributed by atoms with Crippen molar-refractivity contribution < 1.29 is 14.0 Å². The number of hydrogen-bond acceptors (Lipinski definition) is 4. The highest BCUT2D eigenvalue weighted by Gasteiger charge is 2.05. The minimum atomic E-state index is -0.764. The second kappa shape index (κ2) is 6.96. The zero-order valence-electron chi connectivity index (χ0n) is 9.35. The molecule has 0 radical (unpaired) electrons. The largest absolute Gasteiger partial charge is 0.298 e. The Hall–Kier alpha value is -1.49. The number of aldehydes is 1. The highest BCUT2D eigenvalue weighted by atomic mass is 32.2. The van der Waals surface area contributed by atoms with Crippen molar-refractivity contribution in [2.24, 2.45) is 0 Å². The van der Waals surface area contributed by atoms with Gasteiger partial charge < -0.3 is 0 Å². The van der Waals surface area contributed by atoms with Gasteiger partial charge in [-0.1, -0.05) is 23.9 Å². The first-order valence-electron chi connectivity index (χ1n) is 5.04. The van der Waals surface area contributed by atoms with E-state index in [9.17, 15) is 14.0 Å². The van der Waals surface area contributed by atoms with Crippen molar-refractivity contribution >= 4 is 29.2 Å². The number of halogens is 1. The third-order valence-corrected chi connectivity index (χ3v) is 2.83. The molecule has 0 saturated heterocycles. The van der Waals surface area contributed by atoms with Gasteiger partial charge in [-0.2, -0.15) is 4.39 Å². The normalized spacial score (nSPS) is 10.7. The summed E-state index contributed by atoms with van der Waals surface area (Å²) in [5.74, 6) is -0.0872. The fourth-order valence-electron chi connectivity index (χ4n) is 1.20. The van der Waals surface area contributed by atoms with E-state index < -0.39 is 5.95 Å². The molecular weight excluding hydrogens is 241 g/mol. The molecule has 1 aromatic heterocycles. The number of carbonyl (C=O) groups is 2. The average molecular weight is 253 g/mol. The molecule has 0 atom stereocenters. The smallest absolute Gasteiger partial charge is 0.224 e. The van der Waals surface area contributed by atoms with E-state index in [1.54, 1.807) is 18.2 Å². The standard InChI is InChI=1S/C12H12FNO2S/c1-9(16)17-7-3-2-4-10-5-6-14-12(13)11(10)8-15/h2,4-6,8H,3,7H2,1H3. The van der Waals surface area contributed by atoms with Gasteiger partial charge in [-0.05, 0) is 18.1 Å².